The third kappa shape index (κ3) is 2.91. The molecule has 6 heteroatoms. The van der Waals surface area contributed by atoms with E-state index >= 15 is 0 Å². The van der Waals surface area contributed by atoms with Crippen molar-refractivity contribution >= 4 is 22.7 Å². The molecule has 1 atom stereocenters. The van der Waals surface area contributed by atoms with E-state index in [-0.39, 0.29) is 11.6 Å². The molecule has 24 heavy (non-hydrogen) atoms. The summed E-state index contributed by atoms with van der Waals surface area (Å²) in [4.78, 5) is 17.1. The standard InChI is InChI=1S/C18H19N5O/c1-23-15-8-3-2-7-14(15)22-18(23)16(24)13(19)10-11-5-4-6-12(9-11)17(20)21/h2-9,13H,10,19H2,1H3,(H3,20,21). The number of carbonyl (C=O) groups is 1. The summed E-state index contributed by atoms with van der Waals surface area (Å²) in [6.45, 7) is 0. The Balaban J connectivity index is 1.85. The zero-order valence-corrected chi connectivity index (χ0v) is 13.4. The predicted octanol–water partition coefficient (Wildman–Crippen LogP) is 1.61. The van der Waals surface area contributed by atoms with Crippen LogP contribution in [0, 0.1) is 5.41 Å². The summed E-state index contributed by atoms with van der Waals surface area (Å²) in [5.41, 5.74) is 14.8. The Morgan fingerprint density at radius 1 is 1.25 bits per heavy atom. The fourth-order valence-corrected chi connectivity index (χ4v) is 2.74. The lowest BCUT2D eigenvalue weighted by atomic mass is 10.0. The largest absolute Gasteiger partial charge is 0.384 e. The number of imidazole rings is 1. The normalized spacial score (nSPS) is 12.2. The molecule has 0 aliphatic rings. The van der Waals surface area contributed by atoms with Gasteiger partial charge in [-0.05, 0) is 30.2 Å². The summed E-state index contributed by atoms with van der Waals surface area (Å²) >= 11 is 0. The summed E-state index contributed by atoms with van der Waals surface area (Å²) in [5.74, 6) is 0.139. The molecule has 2 aromatic carbocycles. The number of aromatic nitrogens is 2. The molecule has 0 fully saturated rings. The van der Waals surface area contributed by atoms with Gasteiger partial charge < -0.3 is 16.0 Å². The molecule has 0 radical (unpaired) electrons. The monoisotopic (exact) mass is 321 g/mol. The van der Waals surface area contributed by atoms with Crippen molar-refractivity contribution in [3.05, 3.63) is 65.5 Å². The average Bonchev–Trinajstić information content (AvgIpc) is 2.91. The Morgan fingerprint density at radius 2 is 2.00 bits per heavy atom. The first-order chi connectivity index (χ1) is 11.5. The van der Waals surface area contributed by atoms with E-state index in [0.29, 0.717) is 17.8 Å². The number of nitrogens with one attached hydrogen (secondary N) is 1. The van der Waals surface area contributed by atoms with Crippen LogP contribution in [-0.2, 0) is 13.5 Å². The van der Waals surface area contributed by atoms with Gasteiger partial charge in [-0.2, -0.15) is 0 Å². The number of nitrogens with zero attached hydrogens (tertiary/aromatic N) is 2. The smallest absolute Gasteiger partial charge is 0.215 e. The van der Waals surface area contributed by atoms with Crippen molar-refractivity contribution in [3.8, 4) is 0 Å². The number of hydrogen-bond donors (Lipinski definition) is 3. The van der Waals surface area contributed by atoms with Gasteiger partial charge in [0.25, 0.3) is 0 Å². The first kappa shape index (κ1) is 15.9. The van der Waals surface area contributed by atoms with Crippen LogP contribution in [0.1, 0.15) is 21.7 Å². The highest BCUT2D eigenvalue weighted by atomic mass is 16.1. The molecule has 5 N–H and O–H groups in total. The maximum atomic E-state index is 12.7. The highest BCUT2D eigenvalue weighted by Crippen LogP contribution is 2.16. The predicted molar refractivity (Wildman–Crippen MR) is 94.2 cm³/mol. The Kier molecular flexibility index (Phi) is 4.14. The number of benzene rings is 2. The molecule has 0 amide bonds. The number of amidine groups is 1. The second-order valence-corrected chi connectivity index (χ2v) is 5.77. The number of nitrogens with two attached hydrogens (primary N) is 2. The highest BCUT2D eigenvalue weighted by molar-refractivity contribution is 6.00. The molecule has 1 aromatic heterocycles. The topological polar surface area (TPSA) is 111 Å². The van der Waals surface area contributed by atoms with Gasteiger partial charge in [-0.25, -0.2) is 4.98 Å². The van der Waals surface area contributed by atoms with Gasteiger partial charge in [0.2, 0.25) is 5.78 Å². The van der Waals surface area contributed by atoms with Gasteiger partial charge in [0.1, 0.15) is 5.84 Å². The Bertz CT molecular complexity index is 928. The van der Waals surface area contributed by atoms with E-state index in [4.69, 9.17) is 16.9 Å². The van der Waals surface area contributed by atoms with Crippen molar-refractivity contribution in [3.63, 3.8) is 0 Å². The molecular weight excluding hydrogens is 302 g/mol. The van der Waals surface area contributed by atoms with Gasteiger partial charge in [0.05, 0.1) is 17.1 Å². The summed E-state index contributed by atoms with van der Waals surface area (Å²) in [6, 6.07) is 14.1. The first-order valence-electron chi connectivity index (χ1n) is 7.62. The second kappa shape index (κ2) is 6.25. The summed E-state index contributed by atoms with van der Waals surface area (Å²) in [5, 5.41) is 7.49. The molecule has 6 nitrogen and oxygen atoms in total. The molecule has 0 spiro atoms. The van der Waals surface area contributed by atoms with Crippen molar-refractivity contribution in [2.75, 3.05) is 0 Å². The molecule has 0 saturated carbocycles. The number of rotatable bonds is 5. The van der Waals surface area contributed by atoms with Gasteiger partial charge in [0.15, 0.2) is 5.82 Å². The quantitative estimate of drug-likeness (QED) is 0.376. The Labute approximate surface area is 139 Å². The summed E-state index contributed by atoms with van der Waals surface area (Å²) < 4.78 is 1.77. The van der Waals surface area contributed by atoms with E-state index in [0.717, 1.165) is 16.6 Å². The minimum Gasteiger partial charge on any atom is -0.384 e. The van der Waals surface area contributed by atoms with E-state index in [1.165, 1.54) is 0 Å². The lowest BCUT2D eigenvalue weighted by Crippen LogP contribution is -2.34. The zero-order chi connectivity index (χ0) is 17.3. The number of hydrogen-bond acceptors (Lipinski definition) is 4. The van der Waals surface area contributed by atoms with E-state index in [9.17, 15) is 4.79 Å². The molecule has 0 aliphatic carbocycles. The van der Waals surface area contributed by atoms with Gasteiger partial charge in [-0.1, -0.05) is 30.3 Å². The molecular formula is C18H19N5O. The van der Waals surface area contributed by atoms with Crippen molar-refractivity contribution in [2.24, 2.45) is 18.5 Å². The van der Waals surface area contributed by atoms with Crippen LogP contribution in [0.2, 0.25) is 0 Å². The van der Waals surface area contributed by atoms with Crippen molar-refractivity contribution in [1.82, 2.24) is 9.55 Å². The van der Waals surface area contributed by atoms with E-state index in [1.807, 2.05) is 37.4 Å². The number of fused-ring (bicyclic) bond motifs is 1. The van der Waals surface area contributed by atoms with E-state index in [1.54, 1.807) is 22.8 Å². The van der Waals surface area contributed by atoms with E-state index in [2.05, 4.69) is 4.98 Å². The SMILES string of the molecule is Cn1c(C(=O)C(N)Cc2cccc(C(=N)N)c2)nc2ccccc21. The van der Waals surface area contributed by atoms with Gasteiger partial charge in [0, 0.05) is 12.6 Å². The number of carbonyl (C=O) groups excluding carboxylic acids is 1. The third-order valence-electron chi connectivity index (χ3n) is 4.04. The minimum atomic E-state index is -0.706. The second-order valence-electron chi connectivity index (χ2n) is 5.77. The van der Waals surface area contributed by atoms with Crippen LogP contribution in [0.4, 0.5) is 0 Å². The summed E-state index contributed by atoms with van der Waals surface area (Å²) in [7, 11) is 1.81. The minimum absolute atomic E-state index is 0.00732. The molecule has 0 bridgehead atoms. The maximum Gasteiger partial charge on any atom is 0.215 e. The number of aryl methyl sites for hydroxylation is 1. The van der Waals surface area contributed by atoms with Crippen LogP contribution in [-0.4, -0.2) is 27.2 Å². The van der Waals surface area contributed by atoms with Crippen LogP contribution in [0.3, 0.4) is 0 Å². The van der Waals surface area contributed by atoms with Gasteiger partial charge in [-0.3, -0.25) is 10.2 Å². The van der Waals surface area contributed by atoms with Crippen LogP contribution in [0.5, 0.6) is 0 Å². The van der Waals surface area contributed by atoms with Gasteiger partial charge >= 0.3 is 0 Å². The van der Waals surface area contributed by atoms with Crippen LogP contribution < -0.4 is 11.5 Å². The van der Waals surface area contributed by atoms with Crippen molar-refractivity contribution < 1.29 is 4.79 Å². The molecule has 3 aromatic rings. The average molecular weight is 321 g/mol. The fraction of sp³-hybridized carbons (Fsp3) is 0.167. The summed E-state index contributed by atoms with van der Waals surface area (Å²) in [6.07, 6.45) is 0.364. The number of nitrogen functional groups attached to an aromatic ring is 1. The molecule has 1 unspecified atom stereocenters. The molecule has 3 rings (SSSR count). The van der Waals surface area contributed by atoms with Gasteiger partial charge in [-0.15, -0.1) is 0 Å². The number of Topliss-reactive ketones (excluding diaryl/α,β-unsaturated/α-hetero) is 1. The Hall–Kier alpha value is -2.99. The lowest BCUT2D eigenvalue weighted by Gasteiger charge is -2.11. The number of ketones is 1. The lowest BCUT2D eigenvalue weighted by molar-refractivity contribution is 0.0948. The van der Waals surface area contributed by atoms with E-state index < -0.39 is 6.04 Å². The molecule has 122 valence electrons. The van der Waals surface area contributed by atoms with Crippen LogP contribution >= 0.6 is 0 Å². The molecule has 0 aliphatic heterocycles. The first-order valence-corrected chi connectivity index (χ1v) is 7.62. The number of para-hydroxylation sites is 2. The third-order valence-corrected chi connectivity index (χ3v) is 4.04. The van der Waals surface area contributed by atoms with Crippen LogP contribution in [0.15, 0.2) is 48.5 Å². The molecule has 0 saturated heterocycles. The highest BCUT2D eigenvalue weighted by Gasteiger charge is 2.22. The fourth-order valence-electron chi connectivity index (χ4n) is 2.74. The zero-order valence-electron chi connectivity index (χ0n) is 13.4. The van der Waals surface area contributed by atoms with Crippen molar-refractivity contribution in [2.45, 2.75) is 12.5 Å². The Morgan fingerprint density at radius 3 is 2.71 bits per heavy atom. The maximum absolute atomic E-state index is 12.7. The van der Waals surface area contributed by atoms with Crippen molar-refractivity contribution in [1.29, 1.82) is 5.41 Å². The molecule has 1 heterocycles. The van der Waals surface area contributed by atoms with Crippen LogP contribution in [0.25, 0.3) is 11.0 Å².